The Morgan fingerprint density at radius 2 is 1.84 bits per heavy atom. The molecule has 19 heavy (non-hydrogen) atoms. The maximum Gasteiger partial charge on any atom is 0.162 e. The van der Waals surface area contributed by atoms with Crippen LogP contribution in [-0.4, -0.2) is 18.9 Å². The van der Waals surface area contributed by atoms with Gasteiger partial charge in [-0.05, 0) is 43.0 Å². The molecule has 104 valence electrons. The quantitative estimate of drug-likeness (QED) is 0.752. The van der Waals surface area contributed by atoms with Crippen LogP contribution < -0.4 is 4.90 Å². The van der Waals surface area contributed by atoms with Crippen LogP contribution in [0.15, 0.2) is 24.3 Å². The zero-order valence-electron chi connectivity index (χ0n) is 12.4. The number of carbonyl (C=O) groups excluding carboxylic acids is 1. The Hall–Kier alpha value is -1.31. The molecule has 1 aromatic carbocycles. The first-order valence-corrected chi connectivity index (χ1v) is 7.49. The smallest absolute Gasteiger partial charge is 0.162 e. The summed E-state index contributed by atoms with van der Waals surface area (Å²) in [7, 11) is 2.18. The van der Waals surface area contributed by atoms with E-state index >= 15 is 0 Å². The molecule has 0 heterocycles. The third-order valence-electron chi connectivity index (χ3n) is 4.48. The summed E-state index contributed by atoms with van der Waals surface area (Å²) in [6, 6.07) is 8.74. The van der Waals surface area contributed by atoms with Crippen molar-refractivity contribution in [1.82, 2.24) is 0 Å². The number of Topliss-reactive ketones (excluding diaryl/α,β-unsaturated/α-hetero) is 1. The molecule has 1 fully saturated rings. The average Bonchev–Trinajstić information content (AvgIpc) is 2.46. The van der Waals surface area contributed by atoms with Crippen molar-refractivity contribution in [2.24, 2.45) is 5.92 Å². The van der Waals surface area contributed by atoms with Crippen molar-refractivity contribution < 1.29 is 4.79 Å². The van der Waals surface area contributed by atoms with Gasteiger partial charge in [-0.3, -0.25) is 4.79 Å². The highest BCUT2D eigenvalue weighted by molar-refractivity contribution is 5.96. The predicted molar refractivity (Wildman–Crippen MR) is 80.9 cm³/mol. The summed E-state index contributed by atoms with van der Waals surface area (Å²) in [6.07, 6.45) is 5.91. The molecule has 0 aromatic heterocycles. The fourth-order valence-electron chi connectivity index (χ4n) is 3.15. The van der Waals surface area contributed by atoms with E-state index in [2.05, 4.69) is 31.0 Å². The van der Waals surface area contributed by atoms with Gasteiger partial charge in [-0.1, -0.05) is 26.7 Å². The number of benzene rings is 1. The molecule has 1 saturated carbocycles. The molecule has 0 bridgehead atoms. The van der Waals surface area contributed by atoms with Crippen LogP contribution in [0.1, 0.15) is 56.3 Å². The van der Waals surface area contributed by atoms with E-state index in [0.29, 0.717) is 12.5 Å². The van der Waals surface area contributed by atoms with Crippen LogP contribution in [0.3, 0.4) is 0 Å². The predicted octanol–water partition coefficient (Wildman–Crippen LogP) is 4.29. The number of hydrogen-bond donors (Lipinski definition) is 0. The van der Waals surface area contributed by atoms with Crippen molar-refractivity contribution in [2.45, 2.75) is 52.0 Å². The fraction of sp³-hybridized carbons (Fsp3) is 0.588. The summed E-state index contributed by atoms with van der Waals surface area (Å²) in [5.41, 5.74) is 2.06. The average molecular weight is 259 g/mol. The monoisotopic (exact) mass is 259 g/mol. The molecule has 2 nitrogen and oxygen atoms in total. The van der Waals surface area contributed by atoms with E-state index in [4.69, 9.17) is 0 Å². The van der Waals surface area contributed by atoms with Crippen LogP contribution in [0, 0.1) is 5.92 Å². The standard InChI is InChI=1S/C17H25NO/c1-4-17(19)14-9-11-15(12-10-14)18(3)16-8-6-5-7-13(16)2/h9-13,16H,4-8H2,1-3H3. The Morgan fingerprint density at radius 1 is 1.21 bits per heavy atom. The zero-order valence-corrected chi connectivity index (χ0v) is 12.4. The molecule has 0 amide bonds. The van der Waals surface area contributed by atoms with E-state index in [-0.39, 0.29) is 5.78 Å². The van der Waals surface area contributed by atoms with Gasteiger partial charge in [-0.2, -0.15) is 0 Å². The molecule has 2 heteroatoms. The highest BCUT2D eigenvalue weighted by Gasteiger charge is 2.25. The number of nitrogens with zero attached hydrogens (tertiary/aromatic N) is 1. The normalized spacial score (nSPS) is 23.1. The van der Waals surface area contributed by atoms with Crippen molar-refractivity contribution in [3.8, 4) is 0 Å². The van der Waals surface area contributed by atoms with E-state index in [1.165, 1.54) is 31.4 Å². The number of anilines is 1. The summed E-state index contributed by atoms with van der Waals surface area (Å²) < 4.78 is 0. The van der Waals surface area contributed by atoms with Crippen molar-refractivity contribution in [3.05, 3.63) is 29.8 Å². The van der Waals surface area contributed by atoms with E-state index in [0.717, 1.165) is 11.5 Å². The molecule has 1 aliphatic carbocycles. The van der Waals surface area contributed by atoms with Gasteiger partial charge in [0.05, 0.1) is 0 Å². The summed E-state index contributed by atoms with van der Waals surface area (Å²) in [5, 5.41) is 0. The zero-order chi connectivity index (χ0) is 13.8. The first-order chi connectivity index (χ1) is 9.13. The first-order valence-electron chi connectivity index (χ1n) is 7.49. The Bertz CT molecular complexity index is 423. The molecule has 1 aliphatic rings. The Labute approximate surface area is 116 Å². The summed E-state index contributed by atoms with van der Waals surface area (Å²) >= 11 is 0. The summed E-state index contributed by atoms with van der Waals surface area (Å²) in [5.74, 6) is 0.982. The lowest BCUT2D eigenvalue weighted by molar-refractivity contribution is 0.0988. The third kappa shape index (κ3) is 3.17. The SMILES string of the molecule is CCC(=O)c1ccc(N(C)C2CCCCC2C)cc1. The maximum absolute atomic E-state index is 11.6. The summed E-state index contributed by atoms with van der Waals surface area (Å²) in [4.78, 5) is 14.0. The second kappa shape index (κ2) is 6.23. The van der Waals surface area contributed by atoms with Gasteiger partial charge in [-0.15, -0.1) is 0 Å². The highest BCUT2D eigenvalue weighted by atomic mass is 16.1. The lowest BCUT2D eigenvalue weighted by atomic mass is 9.85. The highest BCUT2D eigenvalue weighted by Crippen LogP contribution is 2.30. The van der Waals surface area contributed by atoms with E-state index in [9.17, 15) is 4.79 Å². The minimum atomic E-state index is 0.222. The van der Waals surface area contributed by atoms with Gasteiger partial charge < -0.3 is 4.90 Å². The van der Waals surface area contributed by atoms with Gasteiger partial charge >= 0.3 is 0 Å². The van der Waals surface area contributed by atoms with Crippen LogP contribution in [0.25, 0.3) is 0 Å². The van der Waals surface area contributed by atoms with E-state index < -0.39 is 0 Å². The van der Waals surface area contributed by atoms with E-state index in [1.54, 1.807) is 0 Å². The lowest BCUT2D eigenvalue weighted by Crippen LogP contribution is -2.38. The maximum atomic E-state index is 11.6. The number of rotatable bonds is 4. The Kier molecular flexibility index (Phi) is 4.62. The van der Waals surface area contributed by atoms with Crippen molar-refractivity contribution >= 4 is 11.5 Å². The molecule has 0 N–H and O–H groups in total. The number of carbonyl (C=O) groups is 1. The molecule has 0 radical (unpaired) electrons. The van der Waals surface area contributed by atoms with Crippen molar-refractivity contribution in [3.63, 3.8) is 0 Å². The number of hydrogen-bond acceptors (Lipinski definition) is 2. The van der Waals surface area contributed by atoms with Crippen LogP contribution in [0.2, 0.25) is 0 Å². The molecule has 1 aromatic rings. The Balaban J connectivity index is 2.10. The molecule has 2 unspecified atom stereocenters. The molecule has 2 atom stereocenters. The van der Waals surface area contributed by atoms with Gasteiger partial charge in [0.25, 0.3) is 0 Å². The molecule has 0 aliphatic heterocycles. The minimum Gasteiger partial charge on any atom is -0.371 e. The summed E-state index contributed by atoms with van der Waals surface area (Å²) in [6.45, 7) is 4.27. The van der Waals surface area contributed by atoms with Crippen LogP contribution in [-0.2, 0) is 0 Å². The van der Waals surface area contributed by atoms with Gasteiger partial charge in [0.15, 0.2) is 5.78 Å². The van der Waals surface area contributed by atoms with Gasteiger partial charge in [0.2, 0.25) is 0 Å². The molecule has 2 rings (SSSR count). The molecular formula is C17H25NO. The molecular weight excluding hydrogens is 234 g/mol. The topological polar surface area (TPSA) is 20.3 Å². The molecule has 0 spiro atoms. The van der Waals surface area contributed by atoms with Gasteiger partial charge in [-0.25, -0.2) is 0 Å². The van der Waals surface area contributed by atoms with Crippen molar-refractivity contribution in [2.75, 3.05) is 11.9 Å². The van der Waals surface area contributed by atoms with Gasteiger partial charge in [0, 0.05) is 30.8 Å². The lowest BCUT2D eigenvalue weighted by Gasteiger charge is -2.37. The van der Waals surface area contributed by atoms with Crippen LogP contribution in [0.5, 0.6) is 0 Å². The van der Waals surface area contributed by atoms with Crippen LogP contribution >= 0.6 is 0 Å². The second-order valence-electron chi connectivity index (χ2n) is 5.76. The van der Waals surface area contributed by atoms with Gasteiger partial charge in [0.1, 0.15) is 0 Å². The minimum absolute atomic E-state index is 0.222. The third-order valence-corrected chi connectivity index (χ3v) is 4.48. The van der Waals surface area contributed by atoms with Crippen molar-refractivity contribution in [1.29, 1.82) is 0 Å². The largest absolute Gasteiger partial charge is 0.371 e. The second-order valence-corrected chi connectivity index (χ2v) is 5.76. The first kappa shape index (κ1) is 14.1. The van der Waals surface area contributed by atoms with E-state index in [1.807, 2.05) is 19.1 Å². The fourth-order valence-corrected chi connectivity index (χ4v) is 3.15. The Morgan fingerprint density at radius 3 is 2.42 bits per heavy atom. The number of ketones is 1. The molecule has 0 saturated heterocycles. The van der Waals surface area contributed by atoms with Crippen LogP contribution in [0.4, 0.5) is 5.69 Å².